The largest absolute Gasteiger partial charge is 0.507 e. The van der Waals surface area contributed by atoms with Crippen LogP contribution in [0.1, 0.15) is 57.2 Å². The molecule has 1 atom stereocenters. The third kappa shape index (κ3) is 5.96. The molecule has 2 heterocycles. The monoisotopic (exact) mass is 522 g/mol. The lowest BCUT2D eigenvalue weighted by molar-refractivity contribution is -0.140. The first-order valence-corrected chi connectivity index (χ1v) is 13.6. The Hall–Kier alpha value is -3.52. The zero-order valence-electron chi connectivity index (χ0n) is 22.6. The highest BCUT2D eigenvalue weighted by Crippen LogP contribution is 2.41. The number of unbranched alkanes of at least 4 members (excludes halogenated alkanes) is 2. The van der Waals surface area contributed by atoms with Crippen LogP contribution >= 0.6 is 0 Å². The molecular weight excluding hydrogens is 484 g/mol. The van der Waals surface area contributed by atoms with Crippen LogP contribution in [0.25, 0.3) is 5.76 Å². The topological polar surface area (TPSA) is 88.5 Å². The minimum atomic E-state index is -0.738. The summed E-state index contributed by atoms with van der Waals surface area (Å²) in [4.78, 5) is 30.5. The van der Waals surface area contributed by atoms with Crippen molar-refractivity contribution in [3.05, 3.63) is 59.2 Å². The summed E-state index contributed by atoms with van der Waals surface area (Å²) >= 11 is 0. The lowest BCUT2D eigenvalue weighted by Crippen LogP contribution is -2.38. The molecule has 1 N–H and O–H groups in total. The van der Waals surface area contributed by atoms with Crippen molar-refractivity contribution in [1.82, 2.24) is 9.80 Å². The summed E-state index contributed by atoms with van der Waals surface area (Å²) in [7, 11) is 0. The number of aliphatic hydroxyl groups excluding tert-OH is 1. The van der Waals surface area contributed by atoms with Crippen LogP contribution in [-0.4, -0.2) is 72.6 Å². The molecule has 1 saturated heterocycles. The number of Topliss-reactive ketones (excluding diaryl/α,β-unsaturated/α-hetero) is 1. The van der Waals surface area contributed by atoms with E-state index in [4.69, 9.17) is 14.2 Å². The van der Waals surface area contributed by atoms with E-state index in [2.05, 4.69) is 25.7 Å². The first-order chi connectivity index (χ1) is 18.5. The predicted octanol–water partition coefficient (Wildman–Crippen LogP) is 4.79. The number of ketones is 1. The fourth-order valence-corrected chi connectivity index (χ4v) is 4.91. The van der Waals surface area contributed by atoms with Crippen LogP contribution in [0.3, 0.4) is 0 Å². The second kappa shape index (κ2) is 12.8. The maximum absolute atomic E-state index is 13.4. The van der Waals surface area contributed by atoms with Gasteiger partial charge in [0.05, 0.1) is 18.2 Å². The molecule has 1 unspecified atom stereocenters. The van der Waals surface area contributed by atoms with Gasteiger partial charge in [0.15, 0.2) is 11.5 Å². The Bertz CT molecular complexity index is 1170. The van der Waals surface area contributed by atoms with Crippen LogP contribution < -0.4 is 14.2 Å². The summed E-state index contributed by atoms with van der Waals surface area (Å²) in [5.74, 6) is 0.205. The van der Waals surface area contributed by atoms with Crippen molar-refractivity contribution in [3.63, 3.8) is 0 Å². The molecule has 8 heteroatoms. The second-order valence-electron chi connectivity index (χ2n) is 9.51. The van der Waals surface area contributed by atoms with Crippen LogP contribution in [0.2, 0.25) is 0 Å². The molecule has 2 aliphatic heterocycles. The van der Waals surface area contributed by atoms with Gasteiger partial charge in [-0.25, -0.2) is 0 Å². The average Bonchev–Trinajstić information content (AvgIpc) is 3.20. The van der Waals surface area contributed by atoms with Crippen LogP contribution in [0.15, 0.2) is 48.0 Å². The third-order valence-corrected chi connectivity index (χ3v) is 7.10. The van der Waals surface area contributed by atoms with Gasteiger partial charge in [0.1, 0.15) is 24.7 Å². The fraction of sp³-hybridized carbons (Fsp3) is 0.467. The Morgan fingerprint density at radius 3 is 2.53 bits per heavy atom. The van der Waals surface area contributed by atoms with E-state index in [0.717, 1.165) is 37.9 Å². The quantitative estimate of drug-likeness (QED) is 0.186. The maximum Gasteiger partial charge on any atom is 0.295 e. The van der Waals surface area contributed by atoms with Crippen LogP contribution in [0, 0.1) is 0 Å². The first-order valence-electron chi connectivity index (χ1n) is 13.6. The number of likely N-dealkylation sites (tertiary alicyclic amines) is 1. The molecule has 8 nitrogen and oxygen atoms in total. The number of hydrogen-bond donors (Lipinski definition) is 1. The molecule has 2 aromatic carbocycles. The molecule has 204 valence electrons. The van der Waals surface area contributed by atoms with Gasteiger partial charge < -0.3 is 29.1 Å². The van der Waals surface area contributed by atoms with Gasteiger partial charge in [-0.2, -0.15) is 0 Å². The van der Waals surface area contributed by atoms with Crippen molar-refractivity contribution in [2.24, 2.45) is 0 Å². The van der Waals surface area contributed by atoms with Crippen LogP contribution in [-0.2, 0) is 9.59 Å². The molecule has 2 aliphatic rings. The Balaban J connectivity index is 1.73. The van der Waals surface area contributed by atoms with Gasteiger partial charge in [0.2, 0.25) is 0 Å². The molecule has 2 aromatic rings. The van der Waals surface area contributed by atoms with Crippen molar-refractivity contribution in [2.75, 3.05) is 46.0 Å². The van der Waals surface area contributed by atoms with Gasteiger partial charge in [0, 0.05) is 18.7 Å². The molecule has 4 rings (SSSR count). The molecule has 0 bridgehead atoms. The zero-order valence-corrected chi connectivity index (χ0v) is 22.6. The summed E-state index contributed by atoms with van der Waals surface area (Å²) in [6.45, 7) is 10.4. The summed E-state index contributed by atoms with van der Waals surface area (Å²) in [6.07, 6.45) is 3.14. The van der Waals surface area contributed by atoms with E-state index in [0.29, 0.717) is 55.7 Å². The number of benzene rings is 2. The molecule has 0 radical (unpaired) electrons. The standard InChI is InChI=1S/C30H38N2O6/c1-4-7-8-16-36-23-11-9-10-21(19-23)27-26(29(34)30(35)32(27)15-14-31(5-2)6-3)28(33)22-12-13-24-25(20-22)38-18-17-37-24/h9-13,19-20,27,33H,4-8,14-18H2,1-3H3/b28-26+. The number of amides is 1. The lowest BCUT2D eigenvalue weighted by atomic mass is 9.95. The van der Waals surface area contributed by atoms with Gasteiger partial charge in [-0.05, 0) is 55.4 Å². The molecule has 0 saturated carbocycles. The Kier molecular flexibility index (Phi) is 9.29. The van der Waals surface area contributed by atoms with E-state index >= 15 is 0 Å². The average molecular weight is 523 g/mol. The van der Waals surface area contributed by atoms with Crippen molar-refractivity contribution in [1.29, 1.82) is 0 Å². The van der Waals surface area contributed by atoms with Crippen molar-refractivity contribution in [2.45, 2.75) is 46.1 Å². The van der Waals surface area contributed by atoms with E-state index in [9.17, 15) is 14.7 Å². The highest BCUT2D eigenvalue weighted by molar-refractivity contribution is 6.46. The van der Waals surface area contributed by atoms with Crippen LogP contribution in [0.4, 0.5) is 0 Å². The summed E-state index contributed by atoms with van der Waals surface area (Å²) in [6, 6.07) is 11.8. The predicted molar refractivity (Wildman–Crippen MR) is 146 cm³/mol. The molecular formula is C30H38N2O6. The lowest BCUT2D eigenvalue weighted by Gasteiger charge is -2.28. The highest BCUT2D eigenvalue weighted by atomic mass is 16.6. The Morgan fingerprint density at radius 2 is 1.79 bits per heavy atom. The van der Waals surface area contributed by atoms with Crippen molar-refractivity contribution < 1.29 is 28.9 Å². The van der Waals surface area contributed by atoms with Gasteiger partial charge >= 0.3 is 0 Å². The molecule has 0 aliphatic carbocycles. The zero-order chi connectivity index (χ0) is 27.1. The molecule has 38 heavy (non-hydrogen) atoms. The van der Waals surface area contributed by atoms with Gasteiger partial charge in [-0.1, -0.05) is 45.7 Å². The number of hydrogen-bond acceptors (Lipinski definition) is 7. The molecule has 1 amide bonds. The normalized spacial score (nSPS) is 18.3. The number of ether oxygens (including phenoxy) is 3. The van der Waals surface area contributed by atoms with Gasteiger partial charge in [0.25, 0.3) is 11.7 Å². The third-order valence-electron chi connectivity index (χ3n) is 7.10. The van der Waals surface area contributed by atoms with E-state index in [-0.39, 0.29) is 11.3 Å². The number of carbonyl (C=O) groups is 2. The van der Waals surface area contributed by atoms with E-state index in [1.807, 2.05) is 24.3 Å². The second-order valence-corrected chi connectivity index (χ2v) is 9.51. The van der Waals surface area contributed by atoms with E-state index in [1.54, 1.807) is 23.1 Å². The van der Waals surface area contributed by atoms with Crippen LogP contribution in [0.5, 0.6) is 17.2 Å². The molecule has 1 fully saturated rings. The number of carbonyl (C=O) groups excluding carboxylic acids is 2. The molecule has 0 spiro atoms. The first kappa shape index (κ1) is 27.5. The minimum Gasteiger partial charge on any atom is -0.507 e. The summed E-state index contributed by atoms with van der Waals surface area (Å²) in [5.41, 5.74) is 1.18. The number of nitrogens with zero attached hydrogens (tertiary/aromatic N) is 2. The molecule has 0 aromatic heterocycles. The number of likely N-dealkylation sites (N-methyl/N-ethyl adjacent to an activating group) is 1. The minimum absolute atomic E-state index is 0.0642. The number of aliphatic hydroxyl groups is 1. The SMILES string of the molecule is CCCCCOc1cccc(C2/C(=C(\O)c3ccc4c(c3)OCCO4)C(=O)C(=O)N2CCN(CC)CC)c1. The van der Waals surface area contributed by atoms with Crippen molar-refractivity contribution >= 4 is 17.4 Å². The van der Waals surface area contributed by atoms with E-state index in [1.165, 1.54) is 0 Å². The maximum atomic E-state index is 13.4. The van der Waals surface area contributed by atoms with E-state index < -0.39 is 17.7 Å². The summed E-state index contributed by atoms with van der Waals surface area (Å²) in [5, 5.41) is 11.4. The summed E-state index contributed by atoms with van der Waals surface area (Å²) < 4.78 is 17.2. The number of rotatable bonds is 12. The van der Waals surface area contributed by atoms with Gasteiger partial charge in [-0.3, -0.25) is 9.59 Å². The van der Waals surface area contributed by atoms with Gasteiger partial charge in [-0.15, -0.1) is 0 Å². The Labute approximate surface area is 224 Å². The number of fused-ring (bicyclic) bond motifs is 1. The smallest absolute Gasteiger partial charge is 0.295 e. The highest BCUT2D eigenvalue weighted by Gasteiger charge is 2.46. The fourth-order valence-electron chi connectivity index (χ4n) is 4.91. The Morgan fingerprint density at radius 1 is 1.03 bits per heavy atom. The van der Waals surface area contributed by atoms with Crippen molar-refractivity contribution in [3.8, 4) is 17.2 Å².